The van der Waals surface area contributed by atoms with Crippen LogP contribution in [0, 0.1) is 0 Å². The van der Waals surface area contributed by atoms with Crippen molar-refractivity contribution in [2.75, 3.05) is 14.2 Å². The van der Waals surface area contributed by atoms with Crippen LogP contribution in [0.3, 0.4) is 0 Å². The van der Waals surface area contributed by atoms with Crippen LogP contribution in [0.5, 0.6) is 11.5 Å². The summed E-state index contributed by atoms with van der Waals surface area (Å²) >= 11 is 0. The molecule has 0 aliphatic carbocycles. The number of methoxy groups -OCH3 is 2. The van der Waals surface area contributed by atoms with Crippen LogP contribution in [-0.2, 0) is 4.74 Å². The lowest BCUT2D eigenvalue weighted by molar-refractivity contribution is 0.141. The lowest BCUT2D eigenvalue weighted by Gasteiger charge is -2.25. The van der Waals surface area contributed by atoms with Gasteiger partial charge >= 0.3 is 0 Å². The van der Waals surface area contributed by atoms with Gasteiger partial charge in [-0.3, -0.25) is 0 Å². The van der Waals surface area contributed by atoms with Gasteiger partial charge in [-0.1, -0.05) is 12.1 Å². The van der Waals surface area contributed by atoms with Gasteiger partial charge in [-0.15, -0.1) is 0 Å². The molecule has 3 aromatic rings. The maximum atomic E-state index is 6.13. The van der Waals surface area contributed by atoms with E-state index in [9.17, 15) is 0 Å². The zero-order valence-electron chi connectivity index (χ0n) is 13.9. The van der Waals surface area contributed by atoms with Crippen molar-refractivity contribution < 1.29 is 14.2 Å². The van der Waals surface area contributed by atoms with Crippen molar-refractivity contribution in [1.29, 1.82) is 0 Å². The van der Waals surface area contributed by atoms with Crippen molar-refractivity contribution in [3.8, 4) is 11.5 Å². The Morgan fingerprint density at radius 1 is 0.917 bits per heavy atom. The van der Waals surface area contributed by atoms with Crippen molar-refractivity contribution >= 4 is 17.1 Å². The first kappa shape index (κ1) is 14.7. The third kappa shape index (κ3) is 2.31. The van der Waals surface area contributed by atoms with Gasteiger partial charge in [0.15, 0.2) is 6.10 Å². The molecule has 0 bridgehead atoms. The molecule has 0 spiro atoms. The third-order valence-electron chi connectivity index (χ3n) is 4.38. The number of aromatic nitrogens is 1. The van der Waals surface area contributed by atoms with Crippen LogP contribution in [0.1, 0.15) is 24.3 Å². The number of nitrogens with zero attached hydrogens (tertiary/aromatic N) is 1. The Balaban J connectivity index is 1.86. The van der Waals surface area contributed by atoms with E-state index in [1.165, 1.54) is 0 Å². The van der Waals surface area contributed by atoms with Crippen LogP contribution < -0.4 is 9.47 Å². The first-order valence-corrected chi connectivity index (χ1v) is 7.87. The zero-order chi connectivity index (χ0) is 16.7. The van der Waals surface area contributed by atoms with Crippen LogP contribution in [0.15, 0.2) is 54.3 Å². The molecule has 4 heteroatoms. The van der Waals surface area contributed by atoms with E-state index in [-0.39, 0.29) is 6.10 Å². The largest absolute Gasteiger partial charge is 0.497 e. The van der Waals surface area contributed by atoms with Gasteiger partial charge in [-0.05, 0) is 48.9 Å². The van der Waals surface area contributed by atoms with Crippen molar-refractivity contribution in [2.24, 2.45) is 0 Å². The topological polar surface area (TPSA) is 32.6 Å². The summed E-state index contributed by atoms with van der Waals surface area (Å²) in [6.07, 6.45) is 1.89. The quantitative estimate of drug-likeness (QED) is 0.707. The molecule has 1 atom stereocenters. The van der Waals surface area contributed by atoms with Gasteiger partial charge in [-0.25, -0.2) is 0 Å². The number of allylic oxidation sites excluding steroid dienone is 1. The Hall–Kier alpha value is -2.88. The second-order valence-electron chi connectivity index (χ2n) is 5.87. The molecule has 0 N–H and O–H groups in total. The van der Waals surface area contributed by atoms with Crippen LogP contribution in [0.2, 0.25) is 0 Å². The molecule has 1 aliphatic heterocycles. The van der Waals surface area contributed by atoms with Gasteiger partial charge in [0.2, 0.25) is 0 Å². The molecule has 1 aliphatic rings. The van der Waals surface area contributed by atoms with E-state index in [1.54, 1.807) is 14.2 Å². The highest BCUT2D eigenvalue weighted by Crippen LogP contribution is 2.37. The fourth-order valence-corrected chi connectivity index (χ4v) is 3.18. The Kier molecular flexibility index (Phi) is 3.45. The van der Waals surface area contributed by atoms with Crippen molar-refractivity contribution in [3.05, 3.63) is 65.5 Å². The molecule has 2 heterocycles. The SMILES string of the molecule is COc1ccc(C2OC(C)=Cn3c2cc2cc(OC)ccc23)cc1. The van der Waals surface area contributed by atoms with Crippen LogP contribution in [0.25, 0.3) is 17.1 Å². The van der Waals surface area contributed by atoms with Crippen molar-refractivity contribution in [1.82, 2.24) is 4.57 Å². The molecule has 1 aromatic heterocycles. The monoisotopic (exact) mass is 321 g/mol. The van der Waals surface area contributed by atoms with Crippen LogP contribution >= 0.6 is 0 Å². The van der Waals surface area contributed by atoms with Gasteiger partial charge in [0.25, 0.3) is 0 Å². The Morgan fingerprint density at radius 3 is 2.33 bits per heavy atom. The highest BCUT2D eigenvalue weighted by Gasteiger charge is 2.25. The minimum Gasteiger partial charge on any atom is -0.497 e. The number of hydrogen-bond donors (Lipinski definition) is 0. The van der Waals surface area contributed by atoms with Gasteiger partial charge < -0.3 is 18.8 Å². The fraction of sp³-hybridized carbons (Fsp3) is 0.200. The second-order valence-corrected chi connectivity index (χ2v) is 5.87. The minimum absolute atomic E-state index is 0.140. The predicted octanol–water partition coefficient (Wildman–Crippen LogP) is 4.60. The highest BCUT2D eigenvalue weighted by molar-refractivity contribution is 5.85. The molecule has 0 amide bonds. The smallest absolute Gasteiger partial charge is 0.164 e. The van der Waals surface area contributed by atoms with E-state index >= 15 is 0 Å². The first-order valence-electron chi connectivity index (χ1n) is 7.87. The third-order valence-corrected chi connectivity index (χ3v) is 4.38. The van der Waals surface area contributed by atoms with E-state index in [4.69, 9.17) is 14.2 Å². The average Bonchev–Trinajstić information content (AvgIpc) is 2.98. The predicted molar refractivity (Wildman–Crippen MR) is 94.4 cm³/mol. The summed E-state index contributed by atoms with van der Waals surface area (Å²) in [4.78, 5) is 0. The van der Waals surface area contributed by atoms with E-state index in [0.717, 1.165) is 39.4 Å². The summed E-state index contributed by atoms with van der Waals surface area (Å²) in [5.74, 6) is 2.58. The summed E-state index contributed by atoms with van der Waals surface area (Å²) in [6, 6.07) is 16.3. The molecule has 1 unspecified atom stereocenters. The molecule has 122 valence electrons. The molecule has 4 rings (SSSR count). The van der Waals surface area contributed by atoms with Crippen LogP contribution in [-0.4, -0.2) is 18.8 Å². The second kappa shape index (κ2) is 5.64. The standard InChI is InChI=1S/C20H19NO3/c1-13-12-21-18-9-8-17(23-3)10-15(18)11-19(21)20(24-13)14-4-6-16(22-2)7-5-14/h4-12,20H,1-3H3. The number of fused-ring (bicyclic) bond motifs is 3. The molecular formula is C20H19NO3. The number of hydrogen-bond acceptors (Lipinski definition) is 3. The van der Waals surface area contributed by atoms with E-state index in [1.807, 2.05) is 43.5 Å². The lowest BCUT2D eigenvalue weighted by Crippen LogP contribution is -2.14. The summed E-state index contributed by atoms with van der Waals surface area (Å²) in [7, 11) is 3.36. The molecular weight excluding hydrogens is 302 g/mol. The molecule has 0 radical (unpaired) electrons. The molecule has 0 saturated carbocycles. The zero-order valence-corrected chi connectivity index (χ0v) is 13.9. The highest BCUT2D eigenvalue weighted by atomic mass is 16.5. The van der Waals surface area contributed by atoms with Crippen LogP contribution in [0.4, 0.5) is 0 Å². The molecule has 2 aromatic carbocycles. The number of rotatable bonds is 3. The Morgan fingerprint density at radius 2 is 1.62 bits per heavy atom. The maximum absolute atomic E-state index is 6.13. The maximum Gasteiger partial charge on any atom is 0.164 e. The first-order chi connectivity index (χ1) is 11.7. The average molecular weight is 321 g/mol. The molecule has 0 saturated heterocycles. The molecule has 4 nitrogen and oxygen atoms in total. The number of benzene rings is 2. The van der Waals surface area contributed by atoms with E-state index in [2.05, 4.69) is 22.8 Å². The summed E-state index contributed by atoms with van der Waals surface area (Å²) < 4.78 is 18.9. The summed E-state index contributed by atoms with van der Waals surface area (Å²) in [5, 5.41) is 1.14. The molecule has 0 fully saturated rings. The normalized spacial score (nSPS) is 16.3. The van der Waals surface area contributed by atoms with Gasteiger partial charge in [-0.2, -0.15) is 0 Å². The van der Waals surface area contributed by atoms with Crippen molar-refractivity contribution in [2.45, 2.75) is 13.0 Å². The Labute approximate surface area is 140 Å². The Bertz CT molecular complexity index is 922. The lowest BCUT2D eigenvalue weighted by atomic mass is 10.1. The molecule has 24 heavy (non-hydrogen) atoms. The summed E-state index contributed by atoms with van der Waals surface area (Å²) in [5.41, 5.74) is 3.35. The fourth-order valence-electron chi connectivity index (χ4n) is 3.18. The minimum atomic E-state index is -0.140. The van der Waals surface area contributed by atoms with Gasteiger partial charge in [0, 0.05) is 11.6 Å². The van der Waals surface area contributed by atoms with Gasteiger partial charge in [0.05, 0.1) is 25.4 Å². The number of ether oxygens (including phenoxy) is 3. The van der Waals surface area contributed by atoms with E-state index in [0.29, 0.717) is 0 Å². The van der Waals surface area contributed by atoms with Crippen molar-refractivity contribution in [3.63, 3.8) is 0 Å². The summed E-state index contributed by atoms with van der Waals surface area (Å²) in [6.45, 7) is 1.98. The van der Waals surface area contributed by atoms with Gasteiger partial charge in [0.1, 0.15) is 17.3 Å². The van der Waals surface area contributed by atoms with E-state index < -0.39 is 0 Å².